The monoisotopic (exact) mass is 358 g/mol. The van der Waals surface area contributed by atoms with Crippen LogP contribution in [0.5, 0.6) is 0 Å². The fraction of sp³-hybridized carbons (Fsp3) is 0.136. The first-order valence-corrected chi connectivity index (χ1v) is 8.74. The number of carbonyl (C=O) groups is 1. The molecule has 0 radical (unpaired) electrons. The largest absolute Gasteiger partial charge is 0.347 e. The molecule has 3 aromatic rings. The lowest BCUT2D eigenvalue weighted by atomic mass is 10.1. The summed E-state index contributed by atoms with van der Waals surface area (Å²) in [5, 5.41) is 6.09. The Kier molecular flexibility index (Phi) is 5.61. The maximum Gasteiger partial charge on any atom is 0.270 e. The number of nitrogens with zero attached hydrogens (tertiary/aromatic N) is 2. The molecule has 0 saturated carbocycles. The Morgan fingerprint density at radius 3 is 2.59 bits per heavy atom. The second-order valence-electron chi connectivity index (χ2n) is 6.27. The van der Waals surface area contributed by atoms with Crippen molar-refractivity contribution in [1.82, 2.24) is 15.3 Å². The van der Waals surface area contributed by atoms with Crippen molar-refractivity contribution in [3.63, 3.8) is 0 Å². The molecule has 0 fully saturated rings. The van der Waals surface area contributed by atoms with E-state index in [9.17, 15) is 4.79 Å². The van der Waals surface area contributed by atoms with Gasteiger partial charge in [0.15, 0.2) is 5.82 Å². The number of amides is 1. The third-order valence-electron chi connectivity index (χ3n) is 4.05. The Bertz CT molecular complexity index is 967. The molecule has 2 aromatic carbocycles. The zero-order valence-electron chi connectivity index (χ0n) is 15.5. The van der Waals surface area contributed by atoms with Gasteiger partial charge in [-0.2, -0.15) is 0 Å². The third-order valence-corrected chi connectivity index (χ3v) is 4.05. The molecule has 0 aliphatic carbocycles. The van der Waals surface area contributed by atoms with E-state index >= 15 is 0 Å². The number of carbonyl (C=O) groups excluding carboxylic acids is 1. The van der Waals surface area contributed by atoms with Crippen LogP contribution in [0, 0.1) is 13.8 Å². The number of aromatic nitrogens is 2. The van der Waals surface area contributed by atoms with Crippen molar-refractivity contribution in [3.05, 3.63) is 84.1 Å². The molecule has 0 saturated heterocycles. The Balaban J connectivity index is 2.02. The number of hydrogen-bond donors (Lipinski definition) is 2. The highest BCUT2D eigenvalue weighted by Crippen LogP contribution is 2.23. The fourth-order valence-electron chi connectivity index (χ4n) is 2.61. The average Bonchev–Trinajstić information content (AvgIpc) is 2.69. The second kappa shape index (κ2) is 8.27. The molecule has 0 atom stereocenters. The number of benzene rings is 2. The zero-order chi connectivity index (χ0) is 19.2. The van der Waals surface area contributed by atoms with E-state index in [1.807, 2.05) is 44.2 Å². The summed E-state index contributed by atoms with van der Waals surface area (Å²) in [6.07, 6.45) is 1.63. The van der Waals surface area contributed by atoms with Crippen molar-refractivity contribution in [3.8, 4) is 11.4 Å². The van der Waals surface area contributed by atoms with E-state index in [0.717, 1.165) is 22.4 Å². The van der Waals surface area contributed by atoms with E-state index in [4.69, 9.17) is 0 Å². The van der Waals surface area contributed by atoms with Crippen molar-refractivity contribution >= 4 is 17.4 Å². The van der Waals surface area contributed by atoms with Crippen molar-refractivity contribution in [2.75, 3.05) is 11.9 Å². The molecule has 0 bridgehead atoms. The molecule has 27 heavy (non-hydrogen) atoms. The highest BCUT2D eigenvalue weighted by Gasteiger charge is 2.13. The van der Waals surface area contributed by atoms with Gasteiger partial charge in [0.2, 0.25) is 0 Å². The number of anilines is 2. The normalized spacial score (nSPS) is 10.3. The fourth-order valence-corrected chi connectivity index (χ4v) is 2.61. The van der Waals surface area contributed by atoms with Crippen molar-refractivity contribution in [2.45, 2.75) is 13.8 Å². The zero-order valence-corrected chi connectivity index (χ0v) is 15.5. The average molecular weight is 358 g/mol. The minimum Gasteiger partial charge on any atom is -0.347 e. The van der Waals surface area contributed by atoms with E-state index < -0.39 is 0 Å². The molecule has 0 unspecified atom stereocenters. The molecular formula is C22H22N4O. The number of hydrogen-bond acceptors (Lipinski definition) is 4. The maximum atomic E-state index is 12.4. The van der Waals surface area contributed by atoms with Gasteiger partial charge < -0.3 is 10.6 Å². The Hall–Kier alpha value is -3.47. The second-order valence-corrected chi connectivity index (χ2v) is 6.27. The van der Waals surface area contributed by atoms with Gasteiger partial charge in [-0.3, -0.25) is 4.79 Å². The molecule has 5 nitrogen and oxygen atoms in total. The summed E-state index contributed by atoms with van der Waals surface area (Å²) < 4.78 is 0. The Morgan fingerprint density at radius 1 is 1.07 bits per heavy atom. The molecular weight excluding hydrogens is 336 g/mol. The van der Waals surface area contributed by atoms with Gasteiger partial charge in [0, 0.05) is 23.9 Å². The molecule has 5 heteroatoms. The van der Waals surface area contributed by atoms with Gasteiger partial charge in [-0.1, -0.05) is 48.5 Å². The predicted molar refractivity (Wildman–Crippen MR) is 109 cm³/mol. The van der Waals surface area contributed by atoms with Crippen LogP contribution in [0.15, 0.2) is 67.3 Å². The van der Waals surface area contributed by atoms with Crippen LogP contribution < -0.4 is 10.6 Å². The molecule has 3 rings (SSSR count). The van der Waals surface area contributed by atoms with Gasteiger partial charge in [-0.05, 0) is 31.0 Å². The van der Waals surface area contributed by atoms with Crippen LogP contribution in [0.2, 0.25) is 0 Å². The highest BCUT2D eigenvalue weighted by molar-refractivity contribution is 5.93. The van der Waals surface area contributed by atoms with E-state index in [1.54, 1.807) is 12.1 Å². The predicted octanol–water partition coefficient (Wildman–Crippen LogP) is 4.42. The standard InChI is InChI=1S/C22H22N4O/c1-4-12-23-22(27)19-14-20(24-18-13-15(2)10-11-16(18)3)26-21(25-19)17-8-6-5-7-9-17/h4-11,13-14H,1,12H2,2-3H3,(H,23,27)(H,24,25,26). The lowest BCUT2D eigenvalue weighted by molar-refractivity contribution is 0.0953. The summed E-state index contributed by atoms with van der Waals surface area (Å²) in [5.41, 5.74) is 4.34. The first-order valence-electron chi connectivity index (χ1n) is 8.74. The van der Waals surface area contributed by atoms with Crippen molar-refractivity contribution in [1.29, 1.82) is 0 Å². The van der Waals surface area contributed by atoms with Gasteiger partial charge >= 0.3 is 0 Å². The number of rotatable bonds is 6. The quantitative estimate of drug-likeness (QED) is 0.640. The maximum absolute atomic E-state index is 12.4. The van der Waals surface area contributed by atoms with E-state index in [1.165, 1.54) is 0 Å². The summed E-state index contributed by atoms with van der Waals surface area (Å²) in [5.74, 6) is 0.800. The topological polar surface area (TPSA) is 66.9 Å². The number of aryl methyl sites for hydroxylation is 2. The SMILES string of the molecule is C=CCNC(=O)c1cc(Nc2cc(C)ccc2C)nc(-c2ccccc2)n1. The van der Waals surface area contributed by atoms with Gasteiger partial charge in [0.05, 0.1) is 0 Å². The Morgan fingerprint density at radius 2 is 1.85 bits per heavy atom. The van der Waals surface area contributed by atoms with Crippen LogP contribution in [-0.2, 0) is 0 Å². The van der Waals surface area contributed by atoms with Crippen LogP contribution in [-0.4, -0.2) is 22.4 Å². The molecule has 1 amide bonds. The Labute approximate surface area is 159 Å². The summed E-state index contributed by atoms with van der Waals surface area (Å²) in [6, 6.07) is 17.4. The highest BCUT2D eigenvalue weighted by atomic mass is 16.1. The number of nitrogens with one attached hydrogen (secondary N) is 2. The summed E-state index contributed by atoms with van der Waals surface area (Å²) in [7, 11) is 0. The summed E-state index contributed by atoms with van der Waals surface area (Å²) in [6.45, 7) is 8.06. The molecule has 0 aliphatic rings. The van der Waals surface area contributed by atoms with Crippen LogP contribution in [0.4, 0.5) is 11.5 Å². The van der Waals surface area contributed by atoms with E-state index in [-0.39, 0.29) is 5.91 Å². The molecule has 136 valence electrons. The van der Waals surface area contributed by atoms with Crippen LogP contribution >= 0.6 is 0 Å². The lowest BCUT2D eigenvalue weighted by Crippen LogP contribution is -2.24. The van der Waals surface area contributed by atoms with Gasteiger partial charge in [-0.15, -0.1) is 6.58 Å². The third kappa shape index (κ3) is 4.58. The van der Waals surface area contributed by atoms with Gasteiger partial charge in [0.1, 0.15) is 11.5 Å². The molecule has 1 heterocycles. The van der Waals surface area contributed by atoms with E-state index in [0.29, 0.717) is 23.9 Å². The van der Waals surface area contributed by atoms with E-state index in [2.05, 4.69) is 45.4 Å². The minimum atomic E-state index is -0.265. The molecule has 0 aliphatic heterocycles. The van der Waals surface area contributed by atoms with Crippen molar-refractivity contribution in [2.24, 2.45) is 0 Å². The van der Waals surface area contributed by atoms with Crippen LogP contribution in [0.3, 0.4) is 0 Å². The smallest absolute Gasteiger partial charge is 0.270 e. The van der Waals surface area contributed by atoms with Crippen LogP contribution in [0.1, 0.15) is 21.6 Å². The first-order chi connectivity index (χ1) is 13.1. The molecule has 1 aromatic heterocycles. The van der Waals surface area contributed by atoms with Crippen LogP contribution in [0.25, 0.3) is 11.4 Å². The lowest BCUT2D eigenvalue weighted by Gasteiger charge is -2.12. The molecule has 2 N–H and O–H groups in total. The summed E-state index contributed by atoms with van der Waals surface area (Å²) in [4.78, 5) is 21.5. The summed E-state index contributed by atoms with van der Waals surface area (Å²) >= 11 is 0. The van der Waals surface area contributed by atoms with Crippen molar-refractivity contribution < 1.29 is 4.79 Å². The van der Waals surface area contributed by atoms with Gasteiger partial charge in [-0.25, -0.2) is 9.97 Å². The van der Waals surface area contributed by atoms with Gasteiger partial charge in [0.25, 0.3) is 5.91 Å². The minimum absolute atomic E-state index is 0.265. The first kappa shape index (κ1) is 18.3. The molecule has 0 spiro atoms.